The zero-order valence-corrected chi connectivity index (χ0v) is 10.7. The van der Waals surface area contributed by atoms with E-state index in [2.05, 4.69) is 9.97 Å². The summed E-state index contributed by atoms with van der Waals surface area (Å²) in [6.45, 7) is 0. The molecule has 1 aliphatic carbocycles. The van der Waals surface area contributed by atoms with E-state index in [0.29, 0.717) is 12.8 Å². The summed E-state index contributed by atoms with van der Waals surface area (Å²) in [5, 5.41) is 9.10. The number of aromatic nitrogens is 2. The minimum Gasteiger partial charge on any atom is -0.476 e. The van der Waals surface area contributed by atoms with Gasteiger partial charge in [0.2, 0.25) is 11.8 Å². The van der Waals surface area contributed by atoms with Crippen LogP contribution in [-0.4, -0.2) is 32.9 Å². The molecule has 2 aliphatic rings. The highest BCUT2D eigenvalue weighted by molar-refractivity contribution is 6.23. The number of carbonyl (C=O) groups excluding carboxylic acids is 2. The van der Waals surface area contributed by atoms with Crippen LogP contribution in [0.5, 0.6) is 0 Å². The highest BCUT2D eigenvalue weighted by Crippen LogP contribution is 2.47. The van der Waals surface area contributed by atoms with E-state index in [9.17, 15) is 14.4 Å². The predicted molar refractivity (Wildman–Crippen MR) is 67.0 cm³/mol. The van der Waals surface area contributed by atoms with Gasteiger partial charge in [0.05, 0.1) is 5.41 Å². The van der Waals surface area contributed by atoms with Crippen molar-refractivity contribution in [2.75, 3.05) is 4.90 Å². The zero-order valence-electron chi connectivity index (χ0n) is 10.7. The van der Waals surface area contributed by atoms with Crippen LogP contribution in [0.2, 0.25) is 0 Å². The lowest BCUT2D eigenvalue weighted by Gasteiger charge is -2.20. The number of nitrogens with zero attached hydrogens (tertiary/aromatic N) is 3. The summed E-state index contributed by atoms with van der Waals surface area (Å²) < 4.78 is 0. The SMILES string of the molecule is O=C(O)c1nccnc1N1C(=O)CC2(CCCC2)C1=O. The summed E-state index contributed by atoms with van der Waals surface area (Å²) in [5.41, 5.74) is -1.02. The van der Waals surface area contributed by atoms with E-state index >= 15 is 0 Å². The smallest absolute Gasteiger partial charge is 0.358 e. The van der Waals surface area contributed by atoms with E-state index in [0.717, 1.165) is 17.7 Å². The van der Waals surface area contributed by atoms with Gasteiger partial charge in [-0.3, -0.25) is 9.59 Å². The summed E-state index contributed by atoms with van der Waals surface area (Å²) in [5.74, 6) is -2.19. The first-order valence-electron chi connectivity index (χ1n) is 6.47. The molecule has 1 N–H and O–H groups in total. The highest BCUT2D eigenvalue weighted by atomic mass is 16.4. The Bertz CT molecular complexity index is 607. The first-order valence-corrected chi connectivity index (χ1v) is 6.47. The lowest BCUT2D eigenvalue weighted by molar-refractivity contribution is -0.125. The molecule has 2 fully saturated rings. The third-order valence-electron chi connectivity index (χ3n) is 4.05. The maximum Gasteiger partial charge on any atom is 0.358 e. The monoisotopic (exact) mass is 275 g/mol. The number of carbonyl (C=O) groups is 3. The van der Waals surface area contributed by atoms with Crippen molar-refractivity contribution in [2.24, 2.45) is 5.41 Å². The third kappa shape index (κ3) is 1.70. The van der Waals surface area contributed by atoms with Gasteiger partial charge in [0.15, 0.2) is 11.5 Å². The maximum absolute atomic E-state index is 12.6. The first kappa shape index (κ1) is 12.7. The van der Waals surface area contributed by atoms with Gasteiger partial charge in [0.1, 0.15) is 0 Å². The van der Waals surface area contributed by atoms with Crippen molar-refractivity contribution < 1.29 is 19.5 Å². The Kier molecular flexibility index (Phi) is 2.77. The molecule has 1 spiro atoms. The molecular weight excluding hydrogens is 262 g/mol. The van der Waals surface area contributed by atoms with E-state index in [4.69, 9.17) is 5.11 Å². The number of anilines is 1. The maximum atomic E-state index is 12.6. The Morgan fingerprint density at radius 3 is 2.50 bits per heavy atom. The fourth-order valence-corrected chi connectivity index (χ4v) is 3.10. The fraction of sp³-hybridized carbons (Fsp3) is 0.462. The van der Waals surface area contributed by atoms with Crippen LogP contribution < -0.4 is 4.90 Å². The van der Waals surface area contributed by atoms with E-state index in [1.54, 1.807) is 0 Å². The van der Waals surface area contributed by atoms with Crippen LogP contribution in [-0.2, 0) is 9.59 Å². The normalized spacial score (nSPS) is 20.9. The molecule has 0 bridgehead atoms. The van der Waals surface area contributed by atoms with Gasteiger partial charge in [-0.25, -0.2) is 19.7 Å². The molecule has 1 aromatic rings. The lowest BCUT2D eigenvalue weighted by Crippen LogP contribution is -2.36. The molecule has 0 unspecified atom stereocenters. The summed E-state index contributed by atoms with van der Waals surface area (Å²) in [6.07, 6.45) is 5.83. The molecule has 7 nitrogen and oxygen atoms in total. The fourth-order valence-electron chi connectivity index (χ4n) is 3.10. The number of carboxylic acid groups (broad SMARTS) is 1. The van der Waals surface area contributed by atoms with E-state index in [-0.39, 0.29) is 29.7 Å². The van der Waals surface area contributed by atoms with Crippen molar-refractivity contribution in [3.63, 3.8) is 0 Å². The van der Waals surface area contributed by atoms with E-state index < -0.39 is 11.4 Å². The molecule has 20 heavy (non-hydrogen) atoms. The molecule has 7 heteroatoms. The third-order valence-corrected chi connectivity index (χ3v) is 4.05. The van der Waals surface area contributed by atoms with Crippen molar-refractivity contribution in [2.45, 2.75) is 32.1 Å². The van der Waals surface area contributed by atoms with E-state index in [1.165, 1.54) is 12.4 Å². The number of hydrogen-bond acceptors (Lipinski definition) is 5. The Labute approximate surface area is 114 Å². The van der Waals surface area contributed by atoms with Crippen LogP contribution in [0, 0.1) is 5.41 Å². The van der Waals surface area contributed by atoms with E-state index in [1.807, 2.05) is 0 Å². The Hall–Kier alpha value is -2.31. The minimum absolute atomic E-state index is 0.140. The van der Waals surface area contributed by atoms with Crippen molar-refractivity contribution in [3.05, 3.63) is 18.1 Å². The van der Waals surface area contributed by atoms with Gasteiger partial charge in [0, 0.05) is 18.8 Å². The summed E-state index contributed by atoms with van der Waals surface area (Å²) in [7, 11) is 0. The van der Waals surface area contributed by atoms with Crippen LogP contribution in [0.4, 0.5) is 5.82 Å². The van der Waals surface area contributed by atoms with Crippen molar-refractivity contribution in [1.82, 2.24) is 9.97 Å². The van der Waals surface area contributed by atoms with Gasteiger partial charge in [-0.1, -0.05) is 12.8 Å². The van der Waals surface area contributed by atoms with Gasteiger partial charge in [-0.15, -0.1) is 0 Å². The van der Waals surface area contributed by atoms with Crippen molar-refractivity contribution >= 4 is 23.6 Å². The van der Waals surface area contributed by atoms with Gasteiger partial charge in [0.25, 0.3) is 0 Å². The van der Waals surface area contributed by atoms with Crippen LogP contribution >= 0.6 is 0 Å². The van der Waals surface area contributed by atoms with Crippen LogP contribution in [0.25, 0.3) is 0 Å². The van der Waals surface area contributed by atoms with Gasteiger partial charge in [-0.2, -0.15) is 0 Å². The average Bonchev–Trinajstić information content (AvgIpc) is 2.97. The molecule has 2 amide bonds. The quantitative estimate of drug-likeness (QED) is 0.808. The topological polar surface area (TPSA) is 100 Å². The van der Waals surface area contributed by atoms with Crippen molar-refractivity contribution in [1.29, 1.82) is 0 Å². The molecule has 0 radical (unpaired) electrons. The Morgan fingerprint density at radius 1 is 1.20 bits per heavy atom. The second kappa shape index (κ2) is 4.36. The number of rotatable bonds is 2. The number of hydrogen-bond donors (Lipinski definition) is 1. The van der Waals surface area contributed by atoms with Gasteiger partial charge >= 0.3 is 5.97 Å². The summed E-state index contributed by atoms with van der Waals surface area (Å²) in [4.78, 5) is 44.4. The number of amides is 2. The Balaban J connectivity index is 2.05. The predicted octanol–water partition coefficient (Wildman–Crippen LogP) is 0.998. The zero-order chi connectivity index (χ0) is 14.3. The number of imide groups is 1. The lowest BCUT2D eigenvalue weighted by atomic mass is 9.84. The van der Waals surface area contributed by atoms with Crippen molar-refractivity contribution in [3.8, 4) is 0 Å². The van der Waals surface area contributed by atoms with Gasteiger partial charge < -0.3 is 5.11 Å². The van der Waals surface area contributed by atoms with Gasteiger partial charge in [-0.05, 0) is 12.8 Å². The van der Waals surface area contributed by atoms with Crippen LogP contribution in [0.1, 0.15) is 42.6 Å². The molecule has 1 saturated carbocycles. The Morgan fingerprint density at radius 2 is 1.85 bits per heavy atom. The molecule has 0 aromatic carbocycles. The molecular formula is C13H13N3O4. The molecule has 0 atom stereocenters. The molecule has 1 aliphatic heterocycles. The molecule has 3 rings (SSSR count). The molecule has 1 aromatic heterocycles. The minimum atomic E-state index is -1.30. The van der Waals surface area contributed by atoms with Crippen LogP contribution in [0.3, 0.4) is 0 Å². The molecule has 1 saturated heterocycles. The largest absolute Gasteiger partial charge is 0.476 e. The molecule has 2 heterocycles. The molecule has 104 valence electrons. The standard InChI is InChI=1S/C13H13N3O4/c17-8-7-13(3-1-2-4-13)12(20)16(8)10-9(11(18)19)14-5-6-15-10/h5-6H,1-4,7H2,(H,18,19). The second-order valence-corrected chi connectivity index (χ2v) is 5.23. The van der Waals surface area contributed by atoms with Crippen LogP contribution in [0.15, 0.2) is 12.4 Å². The number of aromatic carboxylic acids is 1. The highest BCUT2D eigenvalue weighted by Gasteiger charge is 2.54. The summed E-state index contributed by atoms with van der Waals surface area (Å²) in [6, 6.07) is 0. The number of carboxylic acids is 1. The average molecular weight is 275 g/mol. The summed E-state index contributed by atoms with van der Waals surface area (Å²) >= 11 is 0. The second-order valence-electron chi connectivity index (χ2n) is 5.23. The first-order chi connectivity index (χ1) is 9.55.